The molecule has 2 aromatic rings. The number of carbonyl (C=O) groups is 1. The molecular formula is C19H19INO3-. The number of carboxylic acids is 1. The van der Waals surface area contributed by atoms with E-state index in [9.17, 15) is 0 Å². The van der Waals surface area contributed by atoms with E-state index >= 15 is 0 Å². The van der Waals surface area contributed by atoms with Crippen LogP contribution >= 0.6 is 22.6 Å². The number of carboxylic acid groups (broad SMARTS) is 1. The molecule has 0 bridgehead atoms. The van der Waals surface area contributed by atoms with Crippen molar-refractivity contribution in [3.63, 3.8) is 0 Å². The highest BCUT2D eigenvalue weighted by molar-refractivity contribution is 14.1. The SMILES string of the molecule is C#CC(=O)[O-].CNCCC(Oc1ccc(I)cc1)c1ccccc1. The second kappa shape index (κ2) is 11.5. The molecule has 1 atom stereocenters. The Hall–Kier alpha value is -2.04. The lowest BCUT2D eigenvalue weighted by atomic mass is 10.1. The van der Waals surface area contributed by atoms with Crippen LogP contribution in [0.3, 0.4) is 0 Å². The summed E-state index contributed by atoms with van der Waals surface area (Å²) in [7, 11) is 1.97. The molecule has 24 heavy (non-hydrogen) atoms. The van der Waals surface area contributed by atoms with Crippen LogP contribution in [0.15, 0.2) is 54.6 Å². The summed E-state index contributed by atoms with van der Waals surface area (Å²) in [4.78, 5) is 9.02. The molecule has 0 aliphatic carbocycles. The van der Waals surface area contributed by atoms with Crippen LogP contribution in [0.25, 0.3) is 0 Å². The van der Waals surface area contributed by atoms with Gasteiger partial charge >= 0.3 is 0 Å². The van der Waals surface area contributed by atoms with Crippen LogP contribution in [0.2, 0.25) is 0 Å². The first kappa shape index (κ1) is 20.0. The number of carbonyl (C=O) groups excluding carboxylic acids is 1. The van der Waals surface area contributed by atoms with E-state index in [0.717, 1.165) is 18.7 Å². The second-order valence-electron chi connectivity index (χ2n) is 4.80. The lowest BCUT2D eigenvalue weighted by molar-refractivity contribution is -0.295. The average molecular weight is 436 g/mol. The Morgan fingerprint density at radius 2 is 1.83 bits per heavy atom. The first-order chi connectivity index (χ1) is 11.6. The molecule has 0 amide bonds. The van der Waals surface area contributed by atoms with Gasteiger partial charge in [0.2, 0.25) is 0 Å². The van der Waals surface area contributed by atoms with E-state index in [1.54, 1.807) is 0 Å². The summed E-state index contributed by atoms with van der Waals surface area (Å²) in [6.45, 7) is 0.934. The van der Waals surface area contributed by atoms with Crippen molar-refractivity contribution in [2.45, 2.75) is 12.5 Å². The number of terminal acetylenes is 1. The number of hydrogen-bond donors (Lipinski definition) is 1. The van der Waals surface area contributed by atoms with E-state index in [1.165, 1.54) is 15.1 Å². The topological polar surface area (TPSA) is 61.4 Å². The fraction of sp³-hybridized carbons (Fsp3) is 0.211. The molecule has 0 heterocycles. The number of nitrogens with one attached hydrogen (secondary N) is 1. The standard InChI is InChI=1S/C16H18INO.C3H2O2/c1-18-12-11-16(13-5-3-2-4-6-13)19-15-9-7-14(17)8-10-15;1-2-3(4)5/h2-10,16,18H,11-12H2,1H3;1H,(H,4,5)/p-1. The third kappa shape index (κ3) is 7.99. The first-order valence-electron chi connectivity index (χ1n) is 7.36. The predicted octanol–water partition coefficient (Wildman–Crippen LogP) is 2.39. The van der Waals surface area contributed by atoms with Gasteiger partial charge in [-0.2, -0.15) is 0 Å². The van der Waals surface area contributed by atoms with Gasteiger partial charge in [-0.25, -0.2) is 0 Å². The Balaban J connectivity index is 0.000000505. The normalized spacial score (nSPS) is 10.7. The Bertz CT molecular complexity index is 651. The van der Waals surface area contributed by atoms with Crippen molar-refractivity contribution in [2.24, 2.45) is 0 Å². The van der Waals surface area contributed by atoms with Crippen molar-refractivity contribution in [3.05, 3.63) is 63.7 Å². The zero-order chi connectivity index (χ0) is 17.8. The minimum absolute atomic E-state index is 0.0914. The van der Waals surface area contributed by atoms with Crippen LogP contribution in [0.1, 0.15) is 18.1 Å². The average Bonchev–Trinajstić information content (AvgIpc) is 2.61. The van der Waals surface area contributed by atoms with Gasteiger partial charge in [-0.3, -0.25) is 0 Å². The highest BCUT2D eigenvalue weighted by Crippen LogP contribution is 2.25. The molecule has 5 heteroatoms. The van der Waals surface area contributed by atoms with Gasteiger partial charge in [0.25, 0.3) is 0 Å². The van der Waals surface area contributed by atoms with Crippen molar-refractivity contribution in [1.82, 2.24) is 5.32 Å². The van der Waals surface area contributed by atoms with Gasteiger partial charge in [-0.1, -0.05) is 36.3 Å². The molecular weight excluding hydrogens is 417 g/mol. The van der Waals surface area contributed by atoms with Crippen molar-refractivity contribution in [2.75, 3.05) is 13.6 Å². The fourth-order valence-corrected chi connectivity index (χ4v) is 2.27. The number of rotatable bonds is 6. The van der Waals surface area contributed by atoms with Crippen molar-refractivity contribution in [1.29, 1.82) is 0 Å². The fourth-order valence-electron chi connectivity index (χ4n) is 1.91. The van der Waals surface area contributed by atoms with Crippen LogP contribution in [0.4, 0.5) is 0 Å². The molecule has 0 aliphatic rings. The lowest BCUT2D eigenvalue weighted by Crippen LogP contribution is -2.18. The van der Waals surface area contributed by atoms with Crippen molar-refractivity contribution < 1.29 is 14.6 Å². The summed E-state index contributed by atoms with van der Waals surface area (Å²) in [6.07, 6.45) is 5.30. The number of aliphatic carboxylic acids is 1. The number of hydrogen-bond acceptors (Lipinski definition) is 4. The highest BCUT2D eigenvalue weighted by atomic mass is 127. The van der Waals surface area contributed by atoms with Crippen LogP contribution in [-0.2, 0) is 4.79 Å². The maximum Gasteiger partial charge on any atom is 0.125 e. The van der Waals surface area contributed by atoms with Gasteiger partial charge in [0, 0.05) is 9.99 Å². The molecule has 1 N–H and O–H groups in total. The smallest absolute Gasteiger partial charge is 0.125 e. The van der Waals surface area contributed by atoms with Crippen LogP contribution in [0, 0.1) is 15.9 Å². The van der Waals surface area contributed by atoms with Gasteiger partial charge in [0.05, 0.1) is 0 Å². The quantitative estimate of drug-likeness (QED) is 0.558. The minimum Gasteiger partial charge on any atom is -0.537 e. The van der Waals surface area contributed by atoms with Gasteiger partial charge in [0.15, 0.2) is 0 Å². The zero-order valence-electron chi connectivity index (χ0n) is 13.4. The Labute approximate surface area is 156 Å². The number of benzene rings is 2. The van der Waals surface area contributed by atoms with Gasteiger partial charge in [-0.15, -0.1) is 6.42 Å². The molecule has 0 aliphatic heterocycles. The van der Waals surface area contributed by atoms with E-state index in [2.05, 4.69) is 70.7 Å². The minimum atomic E-state index is -1.47. The molecule has 0 spiro atoms. The predicted molar refractivity (Wildman–Crippen MR) is 101 cm³/mol. The lowest BCUT2D eigenvalue weighted by Gasteiger charge is -2.19. The zero-order valence-corrected chi connectivity index (χ0v) is 15.5. The number of ether oxygens (including phenoxy) is 1. The van der Waals surface area contributed by atoms with Crippen LogP contribution in [-0.4, -0.2) is 19.6 Å². The third-order valence-corrected chi connectivity index (χ3v) is 3.76. The molecule has 126 valence electrons. The van der Waals surface area contributed by atoms with Crippen LogP contribution in [0.5, 0.6) is 5.75 Å². The highest BCUT2D eigenvalue weighted by Gasteiger charge is 2.12. The van der Waals surface area contributed by atoms with Crippen molar-refractivity contribution >= 4 is 28.6 Å². The van der Waals surface area contributed by atoms with E-state index in [0.29, 0.717) is 0 Å². The monoisotopic (exact) mass is 436 g/mol. The molecule has 4 nitrogen and oxygen atoms in total. The first-order valence-corrected chi connectivity index (χ1v) is 8.44. The molecule has 0 radical (unpaired) electrons. The molecule has 2 rings (SSSR count). The Morgan fingerprint density at radius 3 is 2.33 bits per heavy atom. The Morgan fingerprint density at radius 1 is 1.25 bits per heavy atom. The largest absolute Gasteiger partial charge is 0.537 e. The van der Waals surface area contributed by atoms with Gasteiger partial charge in [-0.05, 0) is 66.0 Å². The molecule has 0 saturated heterocycles. The summed E-state index contributed by atoms with van der Waals surface area (Å²) < 4.78 is 7.33. The van der Waals surface area contributed by atoms with E-state index < -0.39 is 5.97 Å². The molecule has 2 aromatic carbocycles. The van der Waals surface area contributed by atoms with E-state index in [-0.39, 0.29) is 6.10 Å². The summed E-state index contributed by atoms with van der Waals surface area (Å²) >= 11 is 2.30. The summed E-state index contributed by atoms with van der Waals surface area (Å²) in [5.74, 6) is 0.787. The van der Waals surface area contributed by atoms with Crippen molar-refractivity contribution in [3.8, 4) is 18.1 Å². The Kier molecular flexibility index (Phi) is 9.58. The molecule has 1 unspecified atom stereocenters. The second-order valence-corrected chi connectivity index (χ2v) is 6.04. The van der Waals surface area contributed by atoms with E-state index in [4.69, 9.17) is 14.6 Å². The third-order valence-electron chi connectivity index (χ3n) is 3.04. The summed E-state index contributed by atoms with van der Waals surface area (Å²) in [5, 5.41) is 12.2. The number of halogens is 1. The van der Waals surface area contributed by atoms with Gasteiger partial charge < -0.3 is 20.0 Å². The maximum atomic E-state index is 9.02. The van der Waals surface area contributed by atoms with E-state index in [1.807, 2.05) is 25.2 Å². The summed E-state index contributed by atoms with van der Waals surface area (Å²) in [6, 6.07) is 18.6. The molecule has 0 aromatic heterocycles. The van der Waals surface area contributed by atoms with Crippen LogP contribution < -0.4 is 15.2 Å². The van der Waals surface area contributed by atoms with Gasteiger partial charge in [0.1, 0.15) is 17.8 Å². The maximum absolute atomic E-state index is 9.02. The molecule has 0 fully saturated rings. The molecule has 0 saturated carbocycles. The summed E-state index contributed by atoms with van der Waals surface area (Å²) in [5.41, 5.74) is 1.22.